The first kappa shape index (κ1) is 17.6. The monoisotopic (exact) mass is 369 g/mol. The third-order valence-corrected chi connectivity index (χ3v) is 8.39. The number of carbonyl (C=O) groups excluding carboxylic acids is 1. The van der Waals surface area contributed by atoms with Gasteiger partial charge in [0, 0.05) is 44.3 Å². The van der Waals surface area contributed by atoms with Gasteiger partial charge in [-0.2, -0.15) is 0 Å². The smallest absolute Gasteiger partial charge is 0.267 e. The molecule has 2 heterocycles. The average Bonchev–Trinajstić information content (AvgIpc) is 3.06. The number of fused-ring (bicyclic) bond motifs is 3. The van der Waals surface area contributed by atoms with Crippen LogP contribution in [0, 0.1) is 29.6 Å². The molecule has 2 N–H and O–H groups in total. The maximum Gasteiger partial charge on any atom is 0.267 e. The van der Waals surface area contributed by atoms with Crippen LogP contribution < -0.4 is 5.73 Å². The minimum absolute atomic E-state index is 0.309. The Balaban J connectivity index is 1.44. The van der Waals surface area contributed by atoms with E-state index >= 15 is 0 Å². The predicted octanol–water partition coefficient (Wildman–Crippen LogP) is 2.80. The van der Waals surface area contributed by atoms with Gasteiger partial charge in [-0.05, 0) is 61.1 Å². The number of hydrogen-bond donors (Lipinski definition) is 1. The van der Waals surface area contributed by atoms with Gasteiger partial charge in [0.2, 0.25) is 0 Å². The SMILES string of the molecule is COC1(c2ccnc(C(N)=O)c2)C2CCCC1CN(C1CC3C(C)C3C1)C2. The number of rotatable bonds is 4. The first-order valence-corrected chi connectivity index (χ1v) is 10.6. The number of ether oxygens (including phenoxy) is 1. The molecule has 5 rings (SSSR count). The second-order valence-electron chi connectivity index (χ2n) is 9.38. The van der Waals surface area contributed by atoms with Crippen molar-refractivity contribution in [2.45, 2.75) is 50.7 Å². The molecule has 4 fully saturated rings. The third kappa shape index (κ3) is 2.58. The number of nitrogens with two attached hydrogens (primary N) is 1. The standard InChI is InChI=1S/C22H31N3O2/c1-13-18-9-17(10-19(13)18)25-11-15-4-3-5-16(12-25)22(15,27-2)14-6-7-24-20(8-14)21(23)26/h6-8,13,15-19H,3-5,9-12H2,1-2H3,(H2,23,26). The number of nitrogens with zero attached hydrogens (tertiary/aromatic N) is 2. The number of hydrogen-bond acceptors (Lipinski definition) is 4. The van der Waals surface area contributed by atoms with Gasteiger partial charge in [-0.25, -0.2) is 0 Å². The van der Waals surface area contributed by atoms with Crippen LogP contribution in [0.15, 0.2) is 18.3 Å². The number of carbonyl (C=O) groups is 1. The molecule has 0 radical (unpaired) electrons. The van der Waals surface area contributed by atoms with Gasteiger partial charge in [-0.1, -0.05) is 13.3 Å². The second kappa shape index (κ2) is 6.28. The Hall–Kier alpha value is -1.46. The number of amides is 1. The summed E-state index contributed by atoms with van der Waals surface area (Å²) < 4.78 is 6.32. The zero-order chi connectivity index (χ0) is 18.8. The van der Waals surface area contributed by atoms with E-state index in [4.69, 9.17) is 10.5 Å². The first-order valence-electron chi connectivity index (χ1n) is 10.6. The van der Waals surface area contributed by atoms with E-state index < -0.39 is 5.91 Å². The van der Waals surface area contributed by atoms with E-state index in [2.05, 4.69) is 16.8 Å². The molecule has 27 heavy (non-hydrogen) atoms. The summed E-state index contributed by atoms with van der Waals surface area (Å²) in [5, 5.41) is 0. The van der Waals surface area contributed by atoms with E-state index in [0.29, 0.717) is 17.5 Å². The Morgan fingerprint density at radius 3 is 2.52 bits per heavy atom. The van der Waals surface area contributed by atoms with Crippen molar-refractivity contribution in [1.29, 1.82) is 0 Å². The van der Waals surface area contributed by atoms with Crippen LogP contribution >= 0.6 is 0 Å². The Kier molecular flexibility index (Phi) is 4.10. The predicted molar refractivity (Wildman–Crippen MR) is 103 cm³/mol. The molecule has 1 aromatic heterocycles. The first-order chi connectivity index (χ1) is 13.0. The van der Waals surface area contributed by atoms with Gasteiger partial charge in [0.15, 0.2) is 0 Å². The summed E-state index contributed by atoms with van der Waals surface area (Å²) in [4.78, 5) is 18.6. The molecule has 1 amide bonds. The number of methoxy groups -OCH3 is 1. The third-order valence-electron chi connectivity index (χ3n) is 8.39. The highest BCUT2D eigenvalue weighted by Crippen LogP contribution is 2.59. The van der Waals surface area contributed by atoms with E-state index in [0.717, 1.165) is 42.4 Å². The summed E-state index contributed by atoms with van der Waals surface area (Å²) in [6, 6.07) is 4.68. The normalized spacial score (nSPS) is 43.3. The van der Waals surface area contributed by atoms with Gasteiger partial charge in [-0.15, -0.1) is 0 Å². The van der Waals surface area contributed by atoms with Gasteiger partial charge in [-0.3, -0.25) is 14.7 Å². The highest BCUT2D eigenvalue weighted by atomic mass is 16.5. The minimum Gasteiger partial charge on any atom is -0.373 e. The van der Waals surface area contributed by atoms with Crippen LogP contribution in [0.5, 0.6) is 0 Å². The van der Waals surface area contributed by atoms with Crippen LogP contribution in [0.3, 0.4) is 0 Å². The van der Waals surface area contributed by atoms with Gasteiger partial charge in [0.1, 0.15) is 11.3 Å². The fourth-order valence-electron chi connectivity index (χ4n) is 6.93. The molecule has 146 valence electrons. The zero-order valence-corrected chi connectivity index (χ0v) is 16.4. The van der Waals surface area contributed by atoms with Gasteiger partial charge in [0.05, 0.1) is 0 Å². The fourth-order valence-corrected chi connectivity index (χ4v) is 6.93. The van der Waals surface area contributed by atoms with Crippen molar-refractivity contribution in [3.05, 3.63) is 29.6 Å². The Morgan fingerprint density at radius 1 is 1.26 bits per heavy atom. The summed E-state index contributed by atoms with van der Waals surface area (Å²) in [5.74, 6) is 3.40. The number of likely N-dealkylation sites (tertiary alicyclic amines) is 1. The number of primary amides is 1. The summed E-state index contributed by atoms with van der Waals surface area (Å²) in [6.45, 7) is 4.64. The Morgan fingerprint density at radius 2 is 1.93 bits per heavy atom. The van der Waals surface area contributed by atoms with Gasteiger partial charge < -0.3 is 10.5 Å². The molecule has 2 bridgehead atoms. The van der Waals surface area contributed by atoms with Crippen molar-refractivity contribution in [1.82, 2.24) is 9.88 Å². The quantitative estimate of drug-likeness (QED) is 0.886. The van der Waals surface area contributed by atoms with Crippen LogP contribution in [0.4, 0.5) is 0 Å². The Labute approximate surface area is 161 Å². The number of aromatic nitrogens is 1. The lowest BCUT2D eigenvalue weighted by Crippen LogP contribution is -2.60. The Bertz CT molecular complexity index is 725. The highest BCUT2D eigenvalue weighted by molar-refractivity contribution is 5.90. The molecule has 4 atom stereocenters. The molecule has 3 saturated carbocycles. The molecule has 5 nitrogen and oxygen atoms in total. The zero-order valence-electron chi connectivity index (χ0n) is 16.4. The van der Waals surface area contributed by atoms with E-state index in [9.17, 15) is 4.79 Å². The summed E-state index contributed by atoms with van der Waals surface area (Å²) in [6.07, 6.45) is 8.15. The van der Waals surface area contributed by atoms with Gasteiger partial charge in [0.25, 0.3) is 5.91 Å². The number of piperidine rings is 1. The van der Waals surface area contributed by atoms with Crippen LogP contribution in [0.1, 0.15) is 55.1 Å². The van der Waals surface area contributed by atoms with Crippen LogP contribution in [0.25, 0.3) is 0 Å². The maximum absolute atomic E-state index is 11.7. The van der Waals surface area contributed by atoms with Crippen molar-refractivity contribution in [3.8, 4) is 0 Å². The molecular weight excluding hydrogens is 338 g/mol. The molecule has 4 aliphatic rings. The summed E-state index contributed by atoms with van der Waals surface area (Å²) in [7, 11) is 1.85. The molecular formula is C22H31N3O2. The summed E-state index contributed by atoms with van der Waals surface area (Å²) in [5.41, 5.74) is 6.62. The van der Waals surface area contributed by atoms with Crippen LogP contribution in [-0.4, -0.2) is 42.0 Å². The van der Waals surface area contributed by atoms with Gasteiger partial charge >= 0.3 is 0 Å². The maximum atomic E-state index is 11.7. The van der Waals surface area contributed by atoms with E-state index in [1.165, 1.54) is 32.1 Å². The molecule has 3 aliphatic carbocycles. The average molecular weight is 370 g/mol. The fraction of sp³-hybridized carbons (Fsp3) is 0.727. The molecule has 0 spiro atoms. The number of pyridine rings is 1. The lowest BCUT2D eigenvalue weighted by Gasteiger charge is -2.56. The minimum atomic E-state index is -0.468. The van der Waals surface area contributed by atoms with E-state index in [1.807, 2.05) is 19.2 Å². The summed E-state index contributed by atoms with van der Waals surface area (Å²) >= 11 is 0. The molecule has 4 unspecified atom stereocenters. The molecule has 1 aromatic rings. The van der Waals surface area contributed by atoms with Crippen molar-refractivity contribution >= 4 is 5.91 Å². The van der Waals surface area contributed by atoms with Crippen molar-refractivity contribution < 1.29 is 9.53 Å². The van der Waals surface area contributed by atoms with E-state index in [-0.39, 0.29) is 5.60 Å². The van der Waals surface area contributed by atoms with E-state index in [1.54, 1.807) is 6.20 Å². The van der Waals surface area contributed by atoms with Crippen molar-refractivity contribution in [2.75, 3.05) is 20.2 Å². The van der Waals surface area contributed by atoms with Crippen molar-refractivity contribution in [2.24, 2.45) is 35.3 Å². The van der Waals surface area contributed by atoms with Crippen LogP contribution in [0.2, 0.25) is 0 Å². The lowest BCUT2D eigenvalue weighted by molar-refractivity contribution is -0.174. The molecule has 1 saturated heterocycles. The molecule has 1 aliphatic heterocycles. The molecule has 0 aromatic carbocycles. The second-order valence-corrected chi connectivity index (χ2v) is 9.38. The molecule has 5 heteroatoms. The largest absolute Gasteiger partial charge is 0.373 e. The van der Waals surface area contributed by atoms with Crippen LogP contribution in [-0.2, 0) is 10.3 Å². The lowest BCUT2D eigenvalue weighted by atomic mass is 9.62. The highest BCUT2D eigenvalue weighted by Gasteiger charge is 2.58. The van der Waals surface area contributed by atoms with Crippen molar-refractivity contribution in [3.63, 3.8) is 0 Å². The topological polar surface area (TPSA) is 68.5 Å².